The number of benzene rings is 2. The van der Waals surface area contributed by atoms with E-state index in [1.54, 1.807) is 0 Å². The van der Waals surface area contributed by atoms with Crippen molar-refractivity contribution in [2.75, 3.05) is 5.32 Å². The van der Waals surface area contributed by atoms with Gasteiger partial charge in [0.2, 0.25) is 0 Å². The molecule has 1 saturated carbocycles. The lowest BCUT2D eigenvalue weighted by Crippen LogP contribution is -2.31. The number of aliphatic imine (C=N–C) groups is 1. The predicted octanol–water partition coefficient (Wildman–Crippen LogP) is 4.59. The van der Waals surface area contributed by atoms with Gasteiger partial charge in [0.1, 0.15) is 0 Å². The van der Waals surface area contributed by atoms with Crippen LogP contribution in [0, 0.1) is 13.8 Å². The summed E-state index contributed by atoms with van der Waals surface area (Å²) in [7, 11) is 0. The minimum Gasteiger partial charge on any atom is -0.370 e. The molecule has 1 fully saturated rings. The lowest BCUT2D eigenvalue weighted by molar-refractivity contribution is 0.353. The summed E-state index contributed by atoms with van der Waals surface area (Å²) in [5.41, 5.74) is 11.0. The number of guanidine groups is 1. The normalized spacial score (nSPS) is 20.3. The van der Waals surface area contributed by atoms with E-state index in [0.717, 1.165) is 18.5 Å². The van der Waals surface area contributed by atoms with Crippen LogP contribution >= 0.6 is 24.0 Å². The third kappa shape index (κ3) is 4.47. The minimum absolute atomic E-state index is 0. The maximum absolute atomic E-state index is 6.03. The number of nitrogens with two attached hydrogens (primary N) is 1. The molecule has 2 aromatic rings. The summed E-state index contributed by atoms with van der Waals surface area (Å²) in [6.45, 7) is 4.21. The van der Waals surface area contributed by atoms with Crippen molar-refractivity contribution in [1.29, 1.82) is 0 Å². The molecule has 1 aliphatic rings. The van der Waals surface area contributed by atoms with Gasteiger partial charge in [-0.3, -0.25) is 0 Å². The Kier molecular flexibility index (Phi) is 6.04. The Labute approximate surface area is 155 Å². The highest BCUT2D eigenvalue weighted by atomic mass is 127. The zero-order chi connectivity index (χ0) is 15.5. The largest absolute Gasteiger partial charge is 0.370 e. The molecule has 3 rings (SSSR count). The van der Waals surface area contributed by atoms with E-state index in [-0.39, 0.29) is 24.0 Å². The Morgan fingerprint density at radius 3 is 2.39 bits per heavy atom. The second-order valence-corrected chi connectivity index (χ2v) is 6.17. The van der Waals surface area contributed by atoms with Crippen LogP contribution in [0.25, 0.3) is 0 Å². The van der Waals surface area contributed by atoms with Gasteiger partial charge in [0.15, 0.2) is 5.96 Å². The topological polar surface area (TPSA) is 50.4 Å². The number of nitrogens with zero attached hydrogens (tertiary/aromatic N) is 1. The van der Waals surface area contributed by atoms with E-state index < -0.39 is 0 Å². The molecular formula is C19H24IN3. The summed E-state index contributed by atoms with van der Waals surface area (Å²) in [5.74, 6) is 1.14. The van der Waals surface area contributed by atoms with E-state index in [4.69, 9.17) is 5.73 Å². The first-order chi connectivity index (χ1) is 10.6. The summed E-state index contributed by atoms with van der Waals surface area (Å²) in [6.07, 6.45) is 2.17. The average Bonchev–Trinajstić information content (AvgIpc) is 2.47. The Bertz CT molecular complexity index is 676. The van der Waals surface area contributed by atoms with Gasteiger partial charge in [0, 0.05) is 5.69 Å². The molecule has 3 nitrogen and oxygen atoms in total. The summed E-state index contributed by atoms with van der Waals surface area (Å²) >= 11 is 0. The molecule has 0 aromatic heterocycles. The first kappa shape index (κ1) is 17.8. The monoisotopic (exact) mass is 421 g/mol. The molecule has 0 spiro atoms. The van der Waals surface area contributed by atoms with Crippen LogP contribution in [0.3, 0.4) is 0 Å². The Morgan fingerprint density at radius 1 is 1.04 bits per heavy atom. The third-order valence-electron chi connectivity index (χ3n) is 4.49. The smallest absolute Gasteiger partial charge is 0.193 e. The van der Waals surface area contributed by atoms with E-state index in [1.165, 1.54) is 16.7 Å². The zero-order valence-electron chi connectivity index (χ0n) is 13.6. The minimum atomic E-state index is 0. The second kappa shape index (κ2) is 7.81. The molecule has 0 radical (unpaired) electrons. The van der Waals surface area contributed by atoms with Crippen molar-refractivity contribution in [2.24, 2.45) is 10.7 Å². The van der Waals surface area contributed by atoms with Gasteiger partial charge in [0.25, 0.3) is 0 Å². The quantitative estimate of drug-likeness (QED) is 0.433. The Balaban J connectivity index is 0.00000192. The van der Waals surface area contributed by atoms with Gasteiger partial charge >= 0.3 is 0 Å². The molecule has 4 heteroatoms. The van der Waals surface area contributed by atoms with Gasteiger partial charge in [-0.2, -0.15) is 0 Å². The van der Waals surface area contributed by atoms with Gasteiger partial charge in [-0.25, -0.2) is 4.99 Å². The first-order valence-corrected chi connectivity index (χ1v) is 7.84. The van der Waals surface area contributed by atoms with Crippen molar-refractivity contribution >= 4 is 35.6 Å². The number of anilines is 1. The third-order valence-corrected chi connectivity index (χ3v) is 4.49. The number of hydrogen-bond donors (Lipinski definition) is 2. The molecule has 0 amide bonds. The van der Waals surface area contributed by atoms with Crippen molar-refractivity contribution in [2.45, 2.75) is 38.6 Å². The SMILES string of the molecule is Cc1ccc(NC(N)=NC2CC(c3ccccc3)C2)cc1C.I. The molecule has 0 heterocycles. The van der Waals surface area contributed by atoms with Crippen LogP contribution in [-0.2, 0) is 0 Å². The van der Waals surface area contributed by atoms with Crippen LogP contribution in [0.1, 0.15) is 35.4 Å². The van der Waals surface area contributed by atoms with E-state index >= 15 is 0 Å². The second-order valence-electron chi connectivity index (χ2n) is 6.17. The number of rotatable bonds is 3. The average molecular weight is 421 g/mol. The van der Waals surface area contributed by atoms with E-state index in [0.29, 0.717) is 17.9 Å². The van der Waals surface area contributed by atoms with Crippen LogP contribution < -0.4 is 11.1 Å². The van der Waals surface area contributed by atoms with Crippen LogP contribution in [0.15, 0.2) is 53.5 Å². The molecule has 122 valence electrons. The maximum atomic E-state index is 6.03. The molecule has 0 unspecified atom stereocenters. The molecular weight excluding hydrogens is 397 g/mol. The van der Waals surface area contributed by atoms with E-state index in [1.807, 2.05) is 6.07 Å². The van der Waals surface area contributed by atoms with Crippen molar-refractivity contribution in [3.8, 4) is 0 Å². The fourth-order valence-electron chi connectivity index (χ4n) is 2.89. The first-order valence-electron chi connectivity index (χ1n) is 7.84. The van der Waals surface area contributed by atoms with Gasteiger partial charge in [-0.05, 0) is 61.4 Å². The van der Waals surface area contributed by atoms with Crippen LogP contribution in [-0.4, -0.2) is 12.0 Å². The van der Waals surface area contributed by atoms with Crippen molar-refractivity contribution in [3.05, 3.63) is 65.2 Å². The van der Waals surface area contributed by atoms with E-state index in [9.17, 15) is 0 Å². The fraction of sp³-hybridized carbons (Fsp3) is 0.316. The highest BCUT2D eigenvalue weighted by Crippen LogP contribution is 2.38. The molecule has 0 saturated heterocycles. The molecule has 0 aliphatic heterocycles. The molecule has 0 atom stereocenters. The van der Waals surface area contributed by atoms with Crippen LogP contribution in [0.2, 0.25) is 0 Å². The Hall–Kier alpha value is -1.56. The van der Waals surface area contributed by atoms with Crippen LogP contribution in [0.4, 0.5) is 5.69 Å². The lowest BCUT2D eigenvalue weighted by atomic mass is 9.76. The lowest BCUT2D eigenvalue weighted by Gasteiger charge is -2.33. The highest BCUT2D eigenvalue weighted by molar-refractivity contribution is 14.0. The number of aryl methyl sites for hydroxylation is 2. The van der Waals surface area contributed by atoms with Crippen molar-refractivity contribution < 1.29 is 0 Å². The van der Waals surface area contributed by atoms with Gasteiger partial charge in [-0.15, -0.1) is 24.0 Å². The van der Waals surface area contributed by atoms with Gasteiger partial charge < -0.3 is 11.1 Å². The summed E-state index contributed by atoms with van der Waals surface area (Å²) in [6, 6.07) is 17.2. The maximum Gasteiger partial charge on any atom is 0.193 e. The summed E-state index contributed by atoms with van der Waals surface area (Å²) < 4.78 is 0. The molecule has 1 aliphatic carbocycles. The number of hydrogen-bond acceptors (Lipinski definition) is 1. The molecule has 0 bridgehead atoms. The van der Waals surface area contributed by atoms with Gasteiger partial charge in [0.05, 0.1) is 6.04 Å². The Morgan fingerprint density at radius 2 is 1.74 bits per heavy atom. The number of nitrogens with one attached hydrogen (secondary N) is 1. The molecule has 3 N–H and O–H groups in total. The zero-order valence-corrected chi connectivity index (χ0v) is 16.0. The predicted molar refractivity (Wildman–Crippen MR) is 109 cm³/mol. The van der Waals surface area contributed by atoms with Crippen molar-refractivity contribution in [3.63, 3.8) is 0 Å². The van der Waals surface area contributed by atoms with Crippen LogP contribution in [0.5, 0.6) is 0 Å². The summed E-state index contributed by atoms with van der Waals surface area (Å²) in [5, 5.41) is 3.19. The summed E-state index contributed by atoms with van der Waals surface area (Å²) in [4.78, 5) is 4.59. The van der Waals surface area contributed by atoms with Gasteiger partial charge in [-0.1, -0.05) is 36.4 Å². The van der Waals surface area contributed by atoms with E-state index in [2.05, 4.69) is 66.6 Å². The van der Waals surface area contributed by atoms with Crippen molar-refractivity contribution in [1.82, 2.24) is 0 Å². The number of halogens is 1. The standard InChI is InChI=1S/C19H23N3.HI/c1-13-8-9-17(10-14(13)2)21-19(20)22-18-11-16(12-18)15-6-4-3-5-7-15;/h3-10,16,18H,11-12H2,1-2H3,(H3,20,21,22);1H. The molecule has 2 aromatic carbocycles. The highest BCUT2D eigenvalue weighted by Gasteiger charge is 2.30. The fourth-order valence-corrected chi connectivity index (χ4v) is 2.89. The molecule has 23 heavy (non-hydrogen) atoms.